The lowest BCUT2D eigenvalue weighted by atomic mass is 9.95. The topological polar surface area (TPSA) is 58.6 Å². The summed E-state index contributed by atoms with van der Waals surface area (Å²) in [4.78, 5) is 27.0. The van der Waals surface area contributed by atoms with Crippen molar-refractivity contribution in [3.05, 3.63) is 46.9 Å². The number of carbonyl (C=O) groups is 1. The summed E-state index contributed by atoms with van der Waals surface area (Å²) in [5.74, 6) is 3.33. The summed E-state index contributed by atoms with van der Waals surface area (Å²) in [5.41, 5.74) is 3.57. The Balaban J connectivity index is 1.60. The summed E-state index contributed by atoms with van der Waals surface area (Å²) in [7, 11) is 1.70. The number of hydrogen-bond acceptors (Lipinski definition) is 5. The molecule has 2 aliphatic rings. The third kappa shape index (κ3) is 4.68. The minimum Gasteiger partial charge on any atom is -0.497 e. The molecule has 31 heavy (non-hydrogen) atoms. The average molecular weight is 423 g/mol. The maximum absolute atomic E-state index is 12.5. The first kappa shape index (κ1) is 21.6. The number of likely N-dealkylation sites (tertiary alicyclic amines) is 1. The van der Waals surface area contributed by atoms with Crippen molar-refractivity contribution in [1.29, 1.82) is 0 Å². The van der Waals surface area contributed by atoms with E-state index in [9.17, 15) is 4.79 Å². The first-order valence-electron chi connectivity index (χ1n) is 11.5. The maximum atomic E-state index is 12.5. The first-order valence-corrected chi connectivity index (χ1v) is 11.5. The zero-order valence-electron chi connectivity index (χ0n) is 19.2. The molecule has 4 rings (SSSR count). The van der Waals surface area contributed by atoms with Gasteiger partial charge in [-0.1, -0.05) is 26.0 Å². The Morgan fingerprint density at radius 1 is 1.23 bits per heavy atom. The van der Waals surface area contributed by atoms with Gasteiger partial charge in [0.25, 0.3) is 0 Å². The molecule has 1 fully saturated rings. The van der Waals surface area contributed by atoms with E-state index in [1.54, 1.807) is 7.11 Å². The fraction of sp³-hybridized carbons (Fsp3) is 0.560. The normalized spacial score (nSPS) is 18.8. The molecule has 6 nitrogen and oxygen atoms in total. The fourth-order valence-electron chi connectivity index (χ4n) is 4.79. The van der Waals surface area contributed by atoms with E-state index in [1.807, 2.05) is 30.9 Å². The van der Waals surface area contributed by atoms with Gasteiger partial charge in [0.05, 0.1) is 7.11 Å². The average Bonchev–Trinajstić information content (AvgIpc) is 2.79. The number of carbonyl (C=O) groups excluding carboxylic acids is 1. The standard InChI is InChI=1S/C25H34N4O2/c1-17(2)25(30)29-13-6-9-20(16-29)23-26-18(3)22-11-7-12-28(24(22)27-23)15-19-8-5-10-21(14-19)31-4/h5,8,10,14,17,20H,6-7,9,11-13,15-16H2,1-4H3/t20-/m1/s1. The molecule has 1 atom stereocenters. The number of amides is 1. The zero-order valence-corrected chi connectivity index (χ0v) is 19.2. The third-order valence-corrected chi connectivity index (χ3v) is 6.46. The molecule has 3 heterocycles. The number of ether oxygens (including phenoxy) is 1. The molecule has 0 unspecified atom stereocenters. The van der Waals surface area contributed by atoms with Crippen LogP contribution in [0.15, 0.2) is 24.3 Å². The lowest BCUT2D eigenvalue weighted by molar-refractivity contribution is -0.135. The second kappa shape index (κ2) is 9.25. The summed E-state index contributed by atoms with van der Waals surface area (Å²) >= 11 is 0. The number of anilines is 1. The lowest BCUT2D eigenvalue weighted by Crippen LogP contribution is -2.41. The molecule has 1 saturated heterocycles. The predicted molar refractivity (Wildman–Crippen MR) is 123 cm³/mol. The number of benzene rings is 1. The van der Waals surface area contributed by atoms with E-state index in [0.29, 0.717) is 0 Å². The van der Waals surface area contributed by atoms with Crippen LogP contribution in [0.25, 0.3) is 0 Å². The van der Waals surface area contributed by atoms with Crippen LogP contribution in [0.4, 0.5) is 5.82 Å². The second-order valence-corrected chi connectivity index (χ2v) is 9.12. The van der Waals surface area contributed by atoms with Gasteiger partial charge in [-0.3, -0.25) is 4.79 Å². The predicted octanol–water partition coefficient (Wildman–Crippen LogP) is 4.11. The van der Waals surface area contributed by atoms with Crippen LogP contribution in [0.5, 0.6) is 5.75 Å². The maximum Gasteiger partial charge on any atom is 0.225 e. The monoisotopic (exact) mass is 422 g/mol. The van der Waals surface area contributed by atoms with Gasteiger partial charge in [-0.15, -0.1) is 0 Å². The van der Waals surface area contributed by atoms with Crippen LogP contribution in [0.1, 0.15) is 61.7 Å². The number of fused-ring (bicyclic) bond motifs is 1. The van der Waals surface area contributed by atoms with E-state index in [2.05, 4.69) is 24.0 Å². The van der Waals surface area contributed by atoms with Crippen molar-refractivity contribution in [2.24, 2.45) is 5.92 Å². The molecule has 0 spiro atoms. The summed E-state index contributed by atoms with van der Waals surface area (Å²) in [6.07, 6.45) is 4.19. The first-order chi connectivity index (χ1) is 15.0. The summed E-state index contributed by atoms with van der Waals surface area (Å²) in [6.45, 7) is 9.43. The van der Waals surface area contributed by atoms with Crippen molar-refractivity contribution in [2.75, 3.05) is 31.6 Å². The molecule has 2 aromatic rings. The smallest absolute Gasteiger partial charge is 0.225 e. The molecule has 6 heteroatoms. The van der Waals surface area contributed by atoms with E-state index < -0.39 is 0 Å². The van der Waals surface area contributed by atoms with Crippen LogP contribution < -0.4 is 9.64 Å². The Morgan fingerprint density at radius 3 is 2.84 bits per heavy atom. The van der Waals surface area contributed by atoms with Crippen LogP contribution in [-0.2, 0) is 17.8 Å². The Labute approximate surface area is 185 Å². The molecule has 0 N–H and O–H groups in total. The highest BCUT2D eigenvalue weighted by molar-refractivity contribution is 5.78. The van der Waals surface area contributed by atoms with E-state index in [-0.39, 0.29) is 17.7 Å². The molecule has 1 amide bonds. The number of aryl methyl sites for hydroxylation is 1. The molecule has 0 bridgehead atoms. The van der Waals surface area contributed by atoms with Gasteiger partial charge in [0.2, 0.25) is 5.91 Å². The van der Waals surface area contributed by atoms with E-state index in [1.165, 1.54) is 11.1 Å². The molecule has 2 aliphatic heterocycles. The van der Waals surface area contributed by atoms with Gasteiger partial charge in [0.1, 0.15) is 17.4 Å². The van der Waals surface area contributed by atoms with Gasteiger partial charge in [0, 0.05) is 49.3 Å². The number of nitrogens with zero attached hydrogens (tertiary/aromatic N) is 4. The summed E-state index contributed by atoms with van der Waals surface area (Å²) < 4.78 is 5.40. The molecule has 1 aromatic heterocycles. The van der Waals surface area contributed by atoms with Crippen molar-refractivity contribution in [1.82, 2.24) is 14.9 Å². The molecule has 0 saturated carbocycles. The highest BCUT2D eigenvalue weighted by Crippen LogP contribution is 2.33. The minimum absolute atomic E-state index is 0.0308. The Morgan fingerprint density at radius 2 is 2.06 bits per heavy atom. The second-order valence-electron chi connectivity index (χ2n) is 9.12. The van der Waals surface area contributed by atoms with Gasteiger partial charge in [0.15, 0.2) is 0 Å². The number of aromatic nitrogens is 2. The highest BCUT2D eigenvalue weighted by Gasteiger charge is 2.30. The lowest BCUT2D eigenvalue weighted by Gasteiger charge is -2.35. The van der Waals surface area contributed by atoms with Crippen LogP contribution in [0, 0.1) is 12.8 Å². The molecule has 0 radical (unpaired) electrons. The van der Waals surface area contributed by atoms with Crippen molar-refractivity contribution >= 4 is 11.7 Å². The van der Waals surface area contributed by atoms with Gasteiger partial charge in [-0.25, -0.2) is 9.97 Å². The Kier molecular flexibility index (Phi) is 6.44. The van der Waals surface area contributed by atoms with Gasteiger partial charge in [-0.05, 0) is 50.3 Å². The summed E-state index contributed by atoms with van der Waals surface area (Å²) in [6, 6.07) is 8.26. The number of hydrogen-bond donors (Lipinski definition) is 0. The van der Waals surface area contributed by atoms with E-state index in [0.717, 1.165) is 74.9 Å². The molecule has 166 valence electrons. The molecule has 1 aromatic carbocycles. The SMILES string of the molecule is COc1cccc(CN2CCCc3c(C)nc([C@@H]4CCCN(C(=O)C(C)C)C4)nc32)c1. The van der Waals surface area contributed by atoms with Gasteiger partial charge in [-0.2, -0.15) is 0 Å². The molecular weight excluding hydrogens is 388 g/mol. The third-order valence-electron chi connectivity index (χ3n) is 6.46. The largest absolute Gasteiger partial charge is 0.497 e. The van der Waals surface area contributed by atoms with Crippen LogP contribution in [0.2, 0.25) is 0 Å². The van der Waals surface area contributed by atoms with Crippen molar-refractivity contribution in [3.8, 4) is 5.75 Å². The quantitative estimate of drug-likeness (QED) is 0.726. The molecular formula is C25H34N4O2. The highest BCUT2D eigenvalue weighted by atomic mass is 16.5. The zero-order chi connectivity index (χ0) is 22.0. The minimum atomic E-state index is 0.0308. The molecule has 0 aliphatic carbocycles. The number of rotatable bonds is 5. The number of piperidine rings is 1. The van der Waals surface area contributed by atoms with Crippen LogP contribution in [0.3, 0.4) is 0 Å². The van der Waals surface area contributed by atoms with Crippen molar-refractivity contribution in [2.45, 2.75) is 58.9 Å². The summed E-state index contributed by atoms with van der Waals surface area (Å²) in [5, 5.41) is 0. The fourth-order valence-corrected chi connectivity index (χ4v) is 4.79. The van der Waals surface area contributed by atoms with Gasteiger partial charge < -0.3 is 14.5 Å². The van der Waals surface area contributed by atoms with E-state index in [4.69, 9.17) is 14.7 Å². The number of methoxy groups -OCH3 is 1. The van der Waals surface area contributed by atoms with Crippen LogP contribution >= 0.6 is 0 Å². The Bertz CT molecular complexity index is 943. The van der Waals surface area contributed by atoms with Crippen molar-refractivity contribution < 1.29 is 9.53 Å². The van der Waals surface area contributed by atoms with Crippen molar-refractivity contribution in [3.63, 3.8) is 0 Å². The van der Waals surface area contributed by atoms with Crippen LogP contribution in [-0.4, -0.2) is 47.5 Å². The van der Waals surface area contributed by atoms with Gasteiger partial charge >= 0.3 is 0 Å². The van der Waals surface area contributed by atoms with E-state index >= 15 is 0 Å². The Hall–Kier alpha value is -2.63.